The predicted octanol–water partition coefficient (Wildman–Crippen LogP) is 0.724. The molecule has 2 fully saturated rings. The second-order valence-electron chi connectivity index (χ2n) is 5.27. The standard InChI is InChI=1S/C13H15FN2O2S2/c14-10-3-1-9(2-4-10)5-6-16-12-8-20(17,18)7-11(12)15-13(16)19/h1-4,11-12H,5-8H2,(H,15,19)/t11-,12-/m1/s1. The maximum atomic E-state index is 12.8. The van der Waals surface area contributed by atoms with Gasteiger partial charge in [-0.2, -0.15) is 0 Å². The Balaban J connectivity index is 1.67. The Bertz CT molecular complexity index is 630. The van der Waals surface area contributed by atoms with Gasteiger partial charge in [0.15, 0.2) is 14.9 Å². The van der Waals surface area contributed by atoms with Gasteiger partial charge >= 0.3 is 0 Å². The van der Waals surface area contributed by atoms with Crippen molar-refractivity contribution in [3.05, 3.63) is 35.6 Å². The lowest BCUT2D eigenvalue weighted by Crippen LogP contribution is -2.38. The molecular weight excluding hydrogens is 299 g/mol. The summed E-state index contributed by atoms with van der Waals surface area (Å²) < 4.78 is 36.2. The Morgan fingerprint density at radius 3 is 2.70 bits per heavy atom. The summed E-state index contributed by atoms with van der Waals surface area (Å²) in [7, 11) is -2.96. The average molecular weight is 314 g/mol. The second kappa shape index (κ2) is 4.96. The number of hydrogen-bond donors (Lipinski definition) is 1. The maximum absolute atomic E-state index is 12.8. The van der Waals surface area contributed by atoms with Crippen molar-refractivity contribution in [2.45, 2.75) is 18.5 Å². The Kier molecular flexibility index (Phi) is 3.41. The van der Waals surface area contributed by atoms with E-state index in [-0.39, 0.29) is 29.4 Å². The third-order valence-corrected chi connectivity index (χ3v) is 5.92. The molecule has 2 atom stereocenters. The van der Waals surface area contributed by atoms with E-state index in [1.807, 2.05) is 4.90 Å². The molecule has 108 valence electrons. The highest BCUT2D eigenvalue weighted by Gasteiger charge is 2.46. The van der Waals surface area contributed by atoms with E-state index < -0.39 is 9.84 Å². The van der Waals surface area contributed by atoms with Gasteiger partial charge in [0.25, 0.3) is 0 Å². The summed E-state index contributed by atoms with van der Waals surface area (Å²) in [6.07, 6.45) is 0.714. The second-order valence-corrected chi connectivity index (χ2v) is 7.81. The van der Waals surface area contributed by atoms with Crippen molar-refractivity contribution < 1.29 is 12.8 Å². The molecule has 3 rings (SSSR count). The van der Waals surface area contributed by atoms with Crippen LogP contribution in [0, 0.1) is 5.82 Å². The van der Waals surface area contributed by atoms with E-state index in [2.05, 4.69) is 5.32 Å². The van der Waals surface area contributed by atoms with Crippen molar-refractivity contribution in [1.29, 1.82) is 0 Å². The molecular formula is C13H15FN2O2S2. The molecule has 4 nitrogen and oxygen atoms in total. The lowest BCUT2D eigenvalue weighted by molar-refractivity contribution is 0.358. The highest BCUT2D eigenvalue weighted by atomic mass is 32.2. The molecule has 1 N–H and O–H groups in total. The quantitative estimate of drug-likeness (QED) is 0.834. The summed E-state index contributed by atoms with van der Waals surface area (Å²) in [6.45, 7) is 0.647. The van der Waals surface area contributed by atoms with Crippen molar-refractivity contribution in [3.8, 4) is 0 Å². The smallest absolute Gasteiger partial charge is 0.169 e. The minimum absolute atomic E-state index is 0.0621. The van der Waals surface area contributed by atoms with Gasteiger partial charge in [0.1, 0.15) is 5.82 Å². The molecule has 7 heteroatoms. The molecule has 0 bridgehead atoms. The SMILES string of the molecule is O=S1(=O)C[C@@H]2[C@@H](C1)NC(=S)N2CCc1ccc(F)cc1. The van der Waals surface area contributed by atoms with Gasteiger partial charge in [-0.3, -0.25) is 0 Å². The molecule has 1 aromatic carbocycles. The fourth-order valence-electron chi connectivity index (χ4n) is 2.83. The minimum atomic E-state index is -2.96. The number of benzene rings is 1. The predicted molar refractivity (Wildman–Crippen MR) is 78.8 cm³/mol. The molecule has 20 heavy (non-hydrogen) atoms. The lowest BCUT2D eigenvalue weighted by Gasteiger charge is -2.23. The normalized spacial score (nSPS) is 27.4. The molecule has 0 radical (unpaired) electrons. The molecule has 2 aliphatic rings. The van der Waals surface area contributed by atoms with Crippen molar-refractivity contribution in [2.75, 3.05) is 18.1 Å². The van der Waals surface area contributed by atoms with Gasteiger partial charge in [-0.25, -0.2) is 12.8 Å². The number of sulfone groups is 1. The van der Waals surface area contributed by atoms with E-state index in [0.29, 0.717) is 18.1 Å². The summed E-state index contributed by atoms with van der Waals surface area (Å²) in [5.41, 5.74) is 1.01. The Labute approximate surface area is 122 Å². The number of rotatable bonds is 3. The molecule has 0 saturated carbocycles. The van der Waals surface area contributed by atoms with Gasteiger partial charge in [0.2, 0.25) is 0 Å². The summed E-state index contributed by atoms with van der Waals surface area (Å²) in [5, 5.41) is 3.71. The van der Waals surface area contributed by atoms with E-state index in [9.17, 15) is 12.8 Å². The summed E-state index contributed by atoms with van der Waals surface area (Å²) >= 11 is 5.27. The topological polar surface area (TPSA) is 49.4 Å². The molecule has 2 aliphatic heterocycles. The van der Waals surface area contributed by atoms with E-state index in [0.717, 1.165) is 5.56 Å². The van der Waals surface area contributed by atoms with E-state index in [1.165, 1.54) is 12.1 Å². The minimum Gasteiger partial charge on any atom is -0.357 e. The first kappa shape index (κ1) is 13.8. The number of nitrogens with one attached hydrogen (secondary N) is 1. The van der Waals surface area contributed by atoms with Gasteiger partial charge in [-0.15, -0.1) is 0 Å². The summed E-state index contributed by atoms with van der Waals surface area (Å²) in [5.74, 6) is 0.0630. The number of nitrogens with zero attached hydrogens (tertiary/aromatic N) is 1. The van der Waals surface area contributed by atoms with Gasteiger partial charge in [0.05, 0.1) is 23.6 Å². The molecule has 0 unspecified atom stereocenters. The monoisotopic (exact) mass is 314 g/mol. The van der Waals surface area contributed by atoms with E-state index in [1.54, 1.807) is 12.1 Å². The molecule has 2 saturated heterocycles. The van der Waals surface area contributed by atoms with E-state index in [4.69, 9.17) is 12.2 Å². The number of hydrogen-bond acceptors (Lipinski definition) is 3. The van der Waals surface area contributed by atoms with Crippen LogP contribution in [0.25, 0.3) is 0 Å². The highest BCUT2D eigenvalue weighted by Crippen LogP contribution is 2.24. The van der Waals surface area contributed by atoms with Gasteiger partial charge < -0.3 is 10.2 Å². The fourth-order valence-corrected chi connectivity index (χ4v) is 5.13. The number of thiocarbonyl (C=S) groups is 1. The zero-order valence-corrected chi connectivity index (χ0v) is 12.4. The molecule has 1 aromatic rings. The first-order chi connectivity index (χ1) is 9.44. The van der Waals surface area contributed by atoms with E-state index >= 15 is 0 Å². The Hall–Kier alpha value is -1.21. The van der Waals surface area contributed by atoms with Crippen molar-refractivity contribution >= 4 is 27.2 Å². The first-order valence-corrected chi connectivity index (χ1v) is 8.69. The third-order valence-electron chi connectivity index (χ3n) is 3.85. The molecule has 0 amide bonds. The Morgan fingerprint density at radius 1 is 1.30 bits per heavy atom. The van der Waals surface area contributed by atoms with Gasteiger partial charge in [-0.05, 0) is 36.3 Å². The first-order valence-electron chi connectivity index (χ1n) is 6.47. The van der Waals surface area contributed by atoms with Crippen LogP contribution in [0.5, 0.6) is 0 Å². The Morgan fingerprint density at radius 2 is 2.00 bits per heavy atom. The van der Waals surface area contributed by atoms with Crippen LogP contribution in [0.2, 0.25) is 0 Å². The maximum Gasteiger partial charge on any atom is 0.169 e. The molecule has 0 aromatic heterocycles. The van der Waals surface area contributed by atoms with Crippen LogP contribution in [0.15, 0.2) is 24.3 Å². The van der Waals surface area contributed by atoms with Crippen molar-refractivity contribution in [1.82, 2.24) is 10.2 Å². The number of fused-ring (bicyclic) bond motifs is 1. The molecule has 0 aliphatic carbocycles. The van der Waals surface area contributed by atoms with Crippen molar-refractivity contribution in [2.24, 2.45) is 0 Å². The third kappa shape index (κ3) is 2.64. The molecule has 0 spiro atoms. The largest absolute Gasteiger partial charge is 0.357 e. The van der Waals surface area contributed by atoms with Gasteiger partial charge in [0, 0.05) is 6.54 Å². The lowest BCUT2D eigenvalue weighted by atomic mass is 10.1. The van der Waals surface area contributed by atoms with Crippen LogP contribution >= 0.6 is 12.2 Å². The summed E-state index contributed by atoms with van der Waals surface area (Å²) in [4.78, 5) is 1.95. The zero-order chi connectivity index (χ0) is 14.3. The number of halogens is 1. The average Bonchev–Trinajstić information content (AvgIpc) is 2.80. The van der Waals surface area contributed by atoms with Crippen LogP contribution in [0.4, 0.5) is 4.39 Å². The van der Waals surface area contributed by atoms with Crippen LogP contribution in [-0.2, 0) is 16.3 Å². The zero-order valence-electron chi connectivity index (χ0n) is 10.8. The van der Waals surface area contributed by atoms with Gasteiger partial charge in [-0.1, -0.05) is 12.1 Å². The fraction of sp³-hybridized carbons (Fsp3) is 0.462. The van der Waals surface area contributed by atoms with Crippen LogP contribution < -0.4 is 5.32 Å². The highest BCUT2D eigenvalue weighted by molar-refractivity contribution is 7.91. The van der Waals surface area contributed by atoms with Crippen LogP contribution in [-0.4, -0.2) is 48.6 Å². The van der Waals surface area contributed by atoms with Crippen LogP contribution in [0.3, 0.4) is 0 Å². The summed E-state index contributed by atoms with van der Waals surface area (Å²) in [6, 6.07) is 6.20. The van der Waals surface area contributed by atoms with Crippen LogP contribution in [0.1, 0.15) is 5.56 Å². The molecule has 2 heterocycles. The van der Waals surface area contributed by atoms with Crippen molar-refractivity contribution in [3.63, 3.8) is 0 Å².